The molecule has 0 spiro atoms. The number of benzene rings is 1. The molecule has 0 aliphatic rings. The lowest BCUT2D eigenvalue weighted by Crippen LogP contribution is -2.54. The first-order valence-corrected chi connectivity index (χ1v) is 7.01. The summed E-state index contributed by atoms with van der Waals surface area (Å²) in [6.07, 6.45) is -7.01. The molecule has 0 unspecified atom stereocenters. The van der Waals surface area contributed by atoms with E-state index in [-0.39, 0.29) is 22.9 Å². The molecule has 0 bridgehead atoms. The molecular weight excluding hydrogens is 363 g/mol. The van der Waals surface area contributed by atoms with Gasteiger partial charge in [-0.1, -0.05) is 0 Å². The molecule has 0 aliphatic carbocycles. The zero-order valence-corrected chi connectivity index (χ0v) is 14.4. The molecule has 1 aromatic carbocycles. The van der Waals surface area contributed by atoms with Gasteiger partial charge >= 0.3 is 12.1 Å². The van der Waals surface area contributed by atoms with Crippen LogP contribution in [0.3, 0.4) is 0 Å². The Hall–Kier alpha value is -2.69. The topological polar surface area (TPSA) is 103 Å². The van der Waals surface area contributed by atoms with Crippen LogP contribution < -0.4 is 19.5 Å². The van der Waals surface area contributed by atoms with E-state index < -0.39 is 30.1 Å². The van der Waals surface area contributed by atoms with Gasteiger partial charge < -0.3 is 29.4 Å². The molecule has 0 saturated heterocycles. The second kappa shape index (κ2) is 8.13. The van der Waals surface area contributed by atoms with Crippen molar-refractivity contribution >= 4 is 17.6 Å². The lowest BCUT2D eigenvalue weighted by Gasteiger charge is -2.27. The van der Waals surface area contributed by atoms with E-state index in [9.17, 15) is 27.9 Å². The summed E-state index contributed by atoms with van der Waals surface area (Å²) >= 11 is 0. The highest BCUT2D eigenvalue weighted by Crippen LogP contribution is 2.40. The normalized spacial score (nSPS) is 13.4. The maximum absolute atomic E-state index is 13.0. The predicted octanol–water partition coefficient (Wildman–Crippen LogP) is 1.51. The van der Waals surface area contributed by atoms with Crippen LogP contribution in [0.5, 0.6) is 17.2 Å². The monoisotopic (exact) mass is 381 g/mol. The lowest BCUT2D eigenvalue weighted by atomic mass is 9.98. The Morgan fingerprint density at radius 2 is 1.54 bits per heavy atom. The van der Waals surface area contributed by atoms with Crippen LogP contribution in [0.15, 0.2) is 12.1 Å². The summed E-state index contributed by atoms with van der Waals surface area (Å²) in [7, 11) is 4.62. The van der Waals surface area contributed by atoms with Crippen LogP contribution in [-0.4, -0.2) is 57.2 Å². The van der Waals surface area contributed by atoms with Crippen LogP contribution in [-0.2, 0) is 14.3 Å². The van der Waals surface area contributed by atoms with Gasteiger partial charge in [-0.3, -0.25) is 4.79 Å². The van der Waals surface area contributed by atoms with Gasteiger partial charge in [0.15, 0.2) is 11.5 Å². The van der Waals surface area contributed by atoms with Crippen molar-refractivity contribution < 1.29 is 46.8 Å². The molecule has 1 amide bonds. The van der Waals surface area contributed by atoms with E-state index in [0.717, 1.165) is 0 Å². The average Bonchev–Trinajstić information content (AvgIpc) is 2.58. The van der Waals surface area contributed by atoms with Gasteiger partial charge in [0.1, 0.15) is 0 Å². The van der Waals surface area contributed by atoms with Crippen molar-refractivity contribution in [3.05, 3.63) is 12.1 Å². The van der Waals surface area contributed by atoms with E-state index in [2.05, 4.69) is 10.1 Å². The molecule has 0 fully saturated rings. The number of anilines is 1. The highest BCUT2D eigenvalue weighted by Gasteiger charge is 2.61. The zero-order valence-electron chi connectivity index (χ0n) is 14.4. The molecule has 0 saturated carbocycles. The van der Waals surface area contributed by atoms with Crippen molar-refractivity contribution in [3.8, 4) is 17.2 Å². The van der Waals surface area contributed by atoms with E-state index in [1.54, 1.807) is 0 Å². The fourth-order valence-corrected chi connectivity index (χ4v) is 2.05. The van der Waals surface area contributed by atoms with E-state index in [4.69, 9.17) is 14.2 Å². The van der Waals surface area contributed by atoms with Gasteiger partial charge in [-0.2, -0.15) is 13.2 Å². The largest absolute Gasteiger partial charge is 0.493 e. The van der Waals surface area contributed by atoms with Crippen molar-refractivity contribution in [2.24, 2.45) is 0 Å². The third-order valence-corrected chi connectivity index (χ3v) is 3.36. The molecule has 0 aromatic heterocycles. The summed E-state index contributed by atoms with van der Waals surface area (Å²) in [6.45, 7) is 0. The molecule has 0 aliphatic heterocycles. The zero-order chi connectivity index (χ0) is 20.1. The second-order valence-electron chi connectivity index (χ2n) is 4.99. The first-order valence-electron chi connectivity index (χ1n) is 7.01. The molecule has 8 nitrogen and oxygen atoms in total. The van der Waals surface area contributed by atoms with Crippen LogP contribution >= 0.6 is 0 Å². The number of nitrogens with one attached hydrogen (secondary N) is 1. The van der Waals surface area contributed by atoms with E-state index >= 15 is 0 Å². The van der Waals surface area contributed by atoms with Crippen molar-refractivity contribution in [3.63, 3.8) is 0 Å². The first kappa shape index (κ1) is 21.4. The number of methoxy groups -OCH3 is 4. The maximum atomic E-state index is 13.0. The first-order chi connectivity index (χ1) is 12.0. The molecule has 11 heteroatoms. The van der Waals surface area contributed by atoms with Crippen molar-refractivity contribution in [2.75, 3.05) is 33.8 Å². The van der Waals surface area contributed by atoms with Gasteiger partial charge in [0.25, 0.3) is 5.60 Å². The quantitative estimate of drug-likeness (QED) is 0.690. The van der Waals surface area contributed by atoms with Crippen LogP contribution in [0.4, 0.5) is 18.9 Å². The molecule has 0 heterocycles. The summed E-state index contributed by atoms with van der Waals surface area (Å²) in [5, 5.41) is 11.7. The number of amides is 1. The Morgan fingerprint density at radius 3 is 1.88 bits per heavy atom. The fourth-order valence-electron chi connectivity index (χ4n) is 2.05. The maximum Gasteiger partial charge on any atom is 0.428 e. The Labute approximate surface area is 146 Å². The van der Waals surface area contributed by atoms with E-state index in [1.807, 2.05) is 0 Å². The summed E-state index contributed by atoms with van der Waals surface area (Å²) < 4.78 is 58.1. The predicted molar refractivity (Wildman–Crippen MR) is 82.4 cm³/mol. The van der Waals surface area contributed by atoms with Gasteiger partial charge in [-0.05, 0) is 0 Å². The van der Waals surface area contributed by atoms with Gasteiger partial charge in [0.2, 0.25) is 11.7 Å². The summed E-state index contributed by atoms with van der Waals surface area (Å²) in [5.74, 6) is -2.80. The van der Waals surface area contributed by atoms with Gasteiger partial charge in [0.05, 0.1) is 34.9 Å². The minimum atomic E-state index is -5.41. The van der Waals surface area contributed by atoms with Crippen LogP contribution in [0.25, 0.3) is 0 Å². The average molecular weight is 381 g/mol. The van der Waals surface area contributed by atoms with Gasteiger partial charge in [-0.15, -0.1) is 0 Å². The molecule has 146 valence electrons. The number of esters is 1. The van der Waals surface area contributed by atoms with Gasteiger partial charge in [-0.25, -0.2) is 4.79 Å². The highest BCUT2D eigenvalue weighted by atomic mass is 19.4. The molecule has 1 aromatic rings. The number of ether oxygens (including phenoxy) is 4. The fraction of sp³-hybridized carbons (Fsp3) is 0.467. The molecule has 2 N–H and O–H groups in total. The number of alkyl halides is 3. The van der Waals surface area contributed by atoms with Crippen LogP contribution in [0, 0.1) is 0 Å². The molecule has 26 heavy (non-hydrogen) atoms. The highest BCUT2D eigenvalue weighted by molar-refractivity contribution is 5.96. The van der Waals surface area contributed by atoms with E-state index in [1.165, 1.54) is 33.5 Å². The number of carbonyl (C=O) groups excluding carboxylic acids is 2. The van der Waals surface area contributed by atoms with Crippen LogP contribution in [0.2, 0.25) is 0 Å². The summed E-state index contributed by atoms with van der Waals surface area (Å²) in [5.41, 5.74) is -3.98. The second-order valence-corrected chi connectivity index (χ2v) is 4.99. The van der Waals surface area contributed by atoms with E-state index in [0.29, 0.717) is 7.11 Å². The Balaban J connectivity index is 3.12. The third-order valence-electron chi connectivity index (χ3n) is 3.36. The number of hydrogen-bond donors (Lipinski definition) is 2. The smallest absolute Gasteiger partial charge is 0.428 e. The molecule has 0 radical (unpaired) electrons. The summed E-state index contributed by atoms with van der Waals surface area (Å²) in [6, 6.07) is 2.54. The minimum Gasteiger partial charge on any atom is -0.493 e. The molecule has 1 rings (SSSR count). The number of rotatable bonds is 7. The van der Waals surface area contributed by atoms with Crippen molar-refractivity contribution in [1.29, 1.82) is 0 Å². The Kier molecular flexibility index (Phi) is 6.67. The number of halogens is 3. The SMILES string of the molecule is COC(=O)[C@@](O)(CC(=O)Nc1cc(OC)c(OC)c(OC)c1)C(F)(F)F. The van der Waals surface area contributed by atoms with Crippen molar-refractivity contribution in [2.45, 2.75) is 18.2 Å². The third kappa shape index (κ3) is 4.28. The van der Waals surface area contributed by atoms with Gasteiger partial charge in [0, 0.05) is 17.8 Å². The Bertz CT molecular complexity index is 653. The number of hydrogen-bond acceptors (Lipinski definition) is 7. The molecular formula is C15H18F3NO7. The van der Waals surface area contributed by atoms with Crippen LogP contribution in [0.1, 0.15) is 6.42 Å². The summed E-state index contributed by atoms with van der Waals surface area (Å²) in [4.78, 5) is 23.3. The minimum absolute atomic E-state index is 0.00103. The van der Waals surface area contributed by atoms with Crippen molar-refractivity contribution in [1.82, 2.24) is 0 Å². The number of aliphatic hydroxyl groups is 1. The number of carbonyl (C=O) groups is 2. The Morgan fingerprint density at radius 1 is 1.04 bits per heavy atom. The lowest BCUT2D eigenvalue weighted by molar-refractivity contribution is -0.261. The molecule has 1 atom stereocenters. The standard InChI is InChI=1S/C15H18F3NO7/c1-23-9-5-8(6-10(24-2)12(9)25-3)19-11(20)7-14(22,13(21)26-4)15(16,17)18/h5-6,22H,7H2,1-4H3,(H,19,20)/t14-/m0/s1.